The van der Waals surface area contributed by atoms with E-state index < -0.39 is 5.41 Å². The van der Waals surface area contributed by atoms with Crippen LogP contribution < -0.4 is 20.1 Å². The zero-order chi connectivity index (χ0) is 32.8. The van der Waals surface area contributed by atoms with Crippen molar-refractivity contribution in [3.8, 4) is 11.5 Å². The number of carbonyl (C=O) groups is 4. The van der Waals surface area contributed by atoms with E-state index in [1.54, 1.807) is 30.0 Å². The normalized spacial score (nSPS) is 18.7. The summed E-state index contributed by atoms with van der Waals surface area (Å²) in [6.45, 7) is 6.71. The third-order valence-corrected chi connectivity index (χ3v) is 7.84. The number of fused-ring (bicyclic) bond motifs is 16. The first-order valence-corrected chi connectivity index (χ1v) is 15.8. The van der Waals surface area contributed by atoms with Gasteiger partial charge in [-0.15, -0.1) is 0 Å². The Kier molecular flexibility index (Phi) is 14.0. The van der Waals surface area contributed by atoms with Crippen molar-refractivity contribution in [1.82, 2.24) is 20.7 Å². The lowest BCUT2D eigenvalue weighted by molar-refractivity contribution is -0.156. The second-order valence-electron chi connectivity index (χ2n) is 11.6. The Hall–Kier alpha value is -3.80. The molecule has 2 aromatic rings. The maximum atomic E-state index is 13.5. The number of nitrogens with zero attached hydrogens (tertiary/aromatic N) is 2. The highest BCUT2D eigenvalue weighted by atomic mass is 35.5. The quantitative estimate of drug-likeness (QED) is 0.306. The fourth-order valence-electron chi connectivity index (χ4n) is 5.13. The third-order valence-electron chi connectivity index (χ3n) is 7.67. The average molecular weight is 649 g/mol. The van der Waals surface area contributed by atoms with Gasteiger partial charge < -0.3 is 34.3 Å². The van der Waals surface area contributed by atoms with Crippen molar-refractivity contribution in [2.24, 2.45) is 11.3 Å². The first-order chi connectivity index (χ1) is 21.5. The van der Waals surface area contributed by atoms with Crippen LogP contribution >= 0.6 is 11.6 Å². The van der Waals surface area contributed by atoms with Gasteiger partial charge in [0, 0.05) is 51.5 Å². The number of aryl methyl sites for hydroxylation is 1. The molecule has 12 nitrogen and oxygen atoms in total. The summed E-state index contributed by atoms with van der Waals surface area (Å²) in [5, 5.41) is 9.61. The minimum absolute atomic E-state index is 0.0960. The zero-order valence-electron chi connectivity index (χ0n) is 26.6. The molecule has 13 heteroatoms. The van der Waals surface area contributed by atoms with Crippen LogP contribution in [0.15, 0.2) is 28.8 Å². The lowest BCUT2D eigenvalue weighted by Crippen LogP contribution is -2.46. The number of amides is 3. The molecule has 2 aliphatic rings. The number of benzene rings is 1. The van der Waals surface area contributed by atoms with Crippen molar-refractivity contribution >= 4 is 35.3 Å². The van der Waals surface area contributed by atoms with Crippen LogP contribution in [0.4, 0.5) is 0 Å². The predicted octanol–water partition coefficient (Wildman–Crippen LogP) is 3.73. The molecule has 1 atom stereocenters. The Labute approximate surface area is 269 Å². The summed E-state index contributed by atoms with van der Waals surface area (Å²) in [5.41, 5.74) is -0.216. The van der Waals surface area contributed by atoms with Gasteiger partial charge in [0.05, 0.1) is 19.1 Å². The highest BCUT2D eigenvalue weighted by molar-refractivity contribution is 6.29. The van der Waals surface area contributed by atoms with Gasteiger partial charge in [0.1, 0.15) is 5.76 Å². The molecule has 0 radical (unpaired) electrons. The van der Waals surface area contributed by atoms with Gasteiger partial charge in [-0.25, -0.2) is 0 Å². The first-order valence-electron chi connectivity index (χ1n) is 15.4. The van der Waals surface area contributed by atoms with E-state index >= 15 is 0 Å². The molecular formula is C32H45ClN4O8. The highest BCUT2D eigenvalue weighted by Crippen LogP contribution is 2.35. The second kappa shape index (κ2) is 17.6. The highest BCUT2D eigenvalue weighted by Gasteiger charge is 2.40. The van der Waals surface area contributed by atoms with Crippen molar-refractivity contribution in [3.05, 3.63) is 40.7 Å². The average Bonchev–Trinajstić information content (AvgIpc) is 3.44. The molecule has 248 valence electrons. The van der Waals surface area contributed by atoms with Crippen LogP contribution in [-0.2, 0) is 36.8 Å². The van der Waals surface area contributed by atoms with Crippen LogP contribution in [0, 0.1) is 11.3 Å². The fourth-order valence-corrected chi connectivity index (χ4v) is 5.29. The molecule has 0 saturated heterocycles. The molecule has 1 aromatic carbocycles. The van der Waals surface area contributed by atoms with E-state index in [0.717, 1.165) is 12.0 Å². The molecule has 2 aliphatic heterocycles. The van der Waals surface area contributed by atoms with E-state index in [1.165, 1.54) is 7.11 Å². The first kappa shape index (κ1) is 35.7. The van der Waals surface area contributed by atoms with Crippen molar-refractivity contribution in [2.75, 3.05) is 46.5 Å². The SMILES string of the molecule is CCOC(=O)C1(CCC(C)C)CNC(=O)CCCN(C(=O)CCc2cc(Cl)no2)CCNC(=O)COc2ccc(cc2OC)C1. The summed E-state index contributed by atoms with van der Waals surface area (Å²) in [6.07, 6.45) is 2.54. The van der Waals surface area contributed by atoms with Crippen LogP contribution in [0.25, 0.3) is 0 Å². The van der Waals surface area contributed by atoms with E-state index in [2.05, 4.69) is 29.6 Å². The number of nitrogens with one attached hydrogen (secondary N) is 2. The molecule has 0 aliphatic carbocycles. The van der Waals surface area contributed by atoms with Crippen LogP contribution in [0.5, 0.6) is 11.5 Å². The summed E-state index contributed by atoms with van der Waals surface area (Å²) in [5.74, 6) is 0.453. The van der Waals surface area contributed by atoms with Gasteiger partial charge in [0.25, 0.3) is 5.91 Å². The molecule has 4 rings (SSSR count). The predicted molar refractivity (Wildman–Crippen MR) is 167 cm³/mol. The standard InChI is InChI=1S/C32H45ClN4O8/c1-5-43-31(41)32(13-12-22(2)3)19-23-8-10-25(26(17-23)42-4)44-20-29(39)34-14-16-37(15-6-7-28(38)35-21-32)30(40)11-9-24-18-27(33)36-45-24/h8,10,17-18,22H,5-7,9,11-16,19-21H2,1-4H3,(H,34,39)(H,35,38). The van der Waals surface area contributed by atoms with E-state index in [4.69, 9.17) is 30.3 Å². The number of carbonyl (C=O) groups excluding carboxylic acids is 4. The summed E-state index contributed by atoms with van der Waals surface area (Å²) < 4.78 is 22.0. The summed E-state index contributed by atoms with van der Waals surface area (Å²) in [7, 11) is 1.50. The number of halogens is 1. The Morgan fingerprint density at radius 2 is 1.96 bits per heavy atom. The van der Waals surface area contributed by atoms with Gasteiger partial charge in [0.2, 0.25) is 11.8 Å². The number of methoxy groups -OCH3 is 1. The number of aromatic nitrogens is 1. The third kappa shape index (κ3) is 11.3. The summed E-state index contributed by atoms with van der Waals surface area (Å²) in [4.78, 5) is 54.0. The molecule has 0 spiro atoms. The van der Waals surface area contributed by atoms with Crippen LogP contribution in [0.3, 0.4) is 0 Å². The van der Waals surface area contributed by atoms with Crippen molar-refractivity contribution in [1.29, 1.82) is 0 Å². The molecule has 2 N–H and O–H groups in total. The van der Waals surface area contributed by atoms with Crippen LogP contribution in [-0.4, -0.2) is 80.3 Å². The van der Waals surface area contributed by atoms with Gasteiger partial charge in [0.15, 0.2) is 23.3 Å². The largest absolute Gasteiger partial charge is 0.493 e. The second-order valence-corrected chi connectivity index (χ2v) is 12.0. The summed E-state index contributed by atoms with van der Waals surface area (Å²) >= 11 is 5.82. The minimum atomic E-state index is -1.02. The van der Waals surface area contributed by atoms with E-state index in [1.807, 2.05) is 6.07 Å². The van der Waals surface area contributed by atoms with Crippen LogP contribution in [0.2, 0.25) is 5.15 Å². The van der Waals surface area contributed by atoms with Crippen molar-refractivity contribution in [3.63, 3.8) is 0 Å². The van der Waals surface area contributed by atoms with E-state index in [9.17, 15) is 19.2 Å². The van der Waals surface area contributed by atoms with E-state index in [0.29, 0.717) is 55.4 Å². The number of hydrogen-bond acceptors (Lipinski definition) is 9. The smallest absolute Gasteiger partial charge is 0.314 e. The molecule has 3 amide bonds. The monoisotopic (exact) mass is 648 g/mol. The minimum Gasteiger partial charge on any atom is -0.493 e. The zero-order valence-corrected chi connectivity index (χ0v) is 27.4. The Morgan fingerprint density at radius 3 is 2.64 bits per heavy atom. The van der Waals surface area contributed by atoms with E-state index in [-0.39, 0.29) is 74.5 Å². The molecule has 45 heavy (non-hydrogen) atoms. The van der Waals surface area contributed by atoms with Crippen LogP contribution in [0.1, 0.15) is 64.2 Å². The molecule has 1 aromatic heterocycles. The van der Waals surface area contributed by atoms with Gasteiger partial charge in [-0.3, -0.25) is 19.2 Å². The lowest BCUT2D eigenvalue weighted by Gasteiger charge is -2.33. The Bertz CT molecular complexity index is 1300. The Balaban J connectivity index is 1.84. The molecule has 0 saturated carbocycles. The molecule has 2 bridgehead atoms. The molecule has 3 heterocycles. The van der Waals surface area contributed by atoms with Gasteiger partial charge in [-0.2, -0.15) is 0 Å². The maximum Gasteiger partial charge on any atom is 0.314 e. The lowest BCUT2D eigenvalue weighted by atomic mass is 9.76. The topological polar surface area (TPSA) is 149 Å². The van der Waals surface area contributed by atoms with Gasteiger partial charge >= 0.3 is 5.97 Å². The molecular weight excluding hydrogens is 604 g/mol. The van der Waals surface area contributed by atoms with Gasteiger partial charge in [-0.1, -0.05) is 36.7 Å². The number of esters is 1. The number of hydrogen-bond donors (Lipinski definition) is 2. The number of rotatable bonds is 9. The van der Waals surface area contributed by atoms with Gasteiger partial charge in [-0.05, 0) is 56.2 Å². The van der Waals surface area contributed by atoms with Crippen molar-refractivity contribution < 1.29 is 37.9 Å². The molecule has 1 unspecified atom stereocenters. The summed E-state index contributed by atoms with van der Waals surface area (Å²) in [6, 6.07) is 6.86. The number of ether oxygens (including phenoxy) is 3. The van der Waals surface area contributed by atoms with Crippen molar-refractivity contribution in [2.45, 2.75) is 65.7 Å². The fraction of sp³-hybridized carbons (Fsp3) is 0.594. The maximum absolute atomic E-state index is 13.5. The Morgan fingerprint density at radius 1 is 1.16 bits per heavy atom. The molecule has 0 fully saturated rings.